The monoisotopic (exact) mass is 262 g/mol. The number of allylic oxidation sites excluding steroid dienone is 1. The maximum Gasteiger partial charge on any atom is 0.303 e. The Morgan fingerprint density at radius 3 is 2.68 bits per heavy atom. The smallest absolute Gasteiger partial charge is 0.303 e. The summed E-state index contributed by atoms with van der Waals surface area (Å²) in [6.07, 6.45) is 1.82. The quantitative estimate of drug-likeness (QED) is 0.769. The van der Waals surface area contributed by atoms with Gasteiger partial charge in [0.05, 0.1) is 25.7 Å². The first kappa shape index (κ1) is 13.8. The minimum absolute atomic E-state index is 0.0687. The number of carboxylic acid groups (broad SMARTS) is 1. The number of carbonyl (C=O) groups is 1. The normalized spacial score (nSPS) is 22.3. The van der Waals surface area contributed by atoms with Crippen LogP contribution in [0, 0.1) is 5.92 Å². The van der Waals surface area contributed by atoms with Gasteiger partial charge in [-0.3, -0.25) is 4.79 Å². The first-order valence-corrected chi connectivity index (χ1v) is 6.37. The fourth-order valence-electron chi connectivity index (χ4n) is 2.29. The maximum absolute atomic E-state index is 10.6. The van der Waals surface area contributed by atoms with Crippen LogP contribution in [0.1, 0.15) is 18.4 Å². The van der Waals surface area contributed by atoms with Gasteiger partial charge in [0.1, 0.15) is 0 Å². The molecule has 0 heterocycles. The Kier molecular flexibility index (Phi) is 4.71. The van der Waals surface area contributed by atoms with Crippen molar-refractivity contribution in [3.63, 3.8) is 0 Å². The second-order valence-electron chi connectivity index (χ2n) is 4.83. The van der Waals surface area contributed by atoms with Crippen molar-refractivity contribution in [1.29, 1.82) is 0 Å². The lowest BCUT2D eigenvalue weighted by atomic mass is 10.1. The third-order valence-electron chi connectivity index (χ3n) is 3.22. The SMILES string of the molecule is O=C(O)CC1C=C(COCc2ccccc2)C(O)C1. The number of rotatable bonds is 6. The predicted molar refractivity (Wildman–Crippen MR) is 70.5 cm³/mol. The third kappa shape index (κ3) is 4.19. The molecule has 2 rings (SSSR count). The Bertz CT molecular complexity index is 452. The van der Waals surface area contributed by atoms with E-state index in [1.807, 2.05) is 36.4 Å². The molecular formula is C15H18O4. The first-order chi connectivity index (χ1) is 9.15. The fraction of sp³-hybridized carbons (Fsp3) is 0.400. The van der Waals surface area contributed by atoms with Crippen molar-refractivity contribution in [3.8, 4) is 0 Å². The van der Waals surface area contributed by atoms with Crippen molar-refractivity contribution < 1.29 is 19.7 Å². The van der Waals surface area contributed by atoms with Gasteiger partial charge in [0.15, 0.2) is 0 Å². The number of carboxylic acids is 1. The summed E-state index contributed by atoms with van der Waals surface area (Å²) in [6, 6.07) is 9.80. The summed E-state index contributed by atoms with van der Waals surface area (Å²) in [5, 5.41) is 18.6. The van der Waals surface area contributed by atoms with Gasteiger partial charge >= 0.3 is 5.97 Å². The van der Waals surface area contributed by atoms with E-state index in [0.29, 0.717) is 19.6 Å². The molecule has 0 bridgehead atoms. The van der Waals surface area contributed by atoms with E-state index >= 15 is 0 Å². The van der Waals surface area contributed by atoms with E-state index in [-0.39, 0.29) is 12.3 Å². The van der Waals surface area contributed by atoms with E-state index < -0.39 is 12.1 Å². The second-order valence-corrected chi connectivity index (χ2v) is 4.83. The van der Waals surface area contributed by atoms with Crippen molar-refractivity contribution in [2.45, 2.75) is 25.6 Å². The molecule has 1 aliphatic carbocycles. The van der Waals surface area contributed by atoms with Crippen LogP contribution in [0.3, 0.4) is 0 Å². The lowest BCUT2D eigenvalue weighted by Crippen LogP contribution is -2.12. The van der Waals surface area contributed by atoms with Gasteiger partial charge in [-0.15, -0.1) is 0 Å². The zero-order chi connectivity index (χ0) is 13.7. The van der Waals surface area contributed by atoms with Gasteiger partial charge in [-0.2, -0.15) is 0 Å². The van der Waals surface area contributed by atoms with E-state index in [1.165, 1.54) is 0 Å². The lowest BCUT2D eigenvalue weighted by molar-refractivity contribution is -0.137. The number of aliphatic carboxylic acids is 1. The molecule has 0 aliphatic heterocycles. The van der Waals surface area contributed by atoms with Crippen LogP contribution in [0.5, 0.6) is 0 Å². The molecule has 1 aliphatic rings. The van der Waals surface area contributed by atoms with Gasteiger partial charge in [0, 0.05) is 0 Å². The molecule has 0 saturated carbocycles. The summed E-state index contributed by atoms with van der Waals surface area (Å²) in [5.41, 5.74) is 1.87. The summed E-state index contributed by atoms with van der Waals surface area (Å²) in [7, 11) is 0. The zero-order valence-electron chi connectivity index (χ0n) is 10.7. The molecule has 2 atom stereocenters. The molecule has 0 aromatic heterocycles. The minimum atomic E-state index is -0.833. The highest BCUT2D eigenvalue weighted by Gasteiger charge is 2.26. The molecule has 2 unspecified atom stereocenters. The van der Waals surface area contributed by atoms with Gasteiger partial charge in [-0.25, -0.2) is 0 Å². The standard InChI is InChI=1S/C15H18O4/c16-14-7-12(8-15(17)18)6-13(14)10-19-9-11-4-2-1-3-5-11/h1-6,12,14,16H,7-10H2,(H,17,18). The molecule has 1 aromatic rings. The Balaban J connectivity index is 1.80. The molecular weight excluding hydrogens is 244 g/mol. The predicted octanol–water partition coefficient (Wildman–Crippen LogP) is 1.99. The summed E-state index contributed by atoms with van der Waals surface area (Å²) in [6.45, 7) is 0.848. The van der Waals surface area contributed by atoms with Crippen LogP contribution in [0.15, 0.2) is 42.0 Å². The topological polar surface area (TPSA) is 66.8 Å². The van der Waals surface area contributed by atoms with Crippen LogP contribution in [-0.2, 0) is 16.1 Å². The van der Waals surface area contributed by atoms with Crippen molar-refractivity contribution in [1.82, 2.24) is 0 Å². The average Bonchev–Trinajstić information content (AvgIpc) is 2.70. The van der Waals surface area contributed by atoms with Crippen LogP contribution < -0.4 is 0 Å². The molecule has 19 heavy (non-hydrogen) atoms. The largest absolute Gasteiger partial charge is 0.481 e. The van der Waals surface area contributed by atoms with E-state index in [1.54, 1.807) is 0 Å². The maximum atomic E-state index is 10.6. The number of ether oxygens (including phenoxy) is 1. The van der Waals surface area contributed by atoms with Crippen LogP contribution in [0.25, 0.3) is 0 Å². The number of hydrogen-bond acceptors (Lipinski definition) is 3. The highest BCUT2D eigenvalue weighted by molar-refractivity contribution is 5.67. The highest BCUT2D eigenvalue weighted by Crippen LogP contribution is 2.27. The van der Waals surface area contributed by atoms with Crippen LogP contribution in [0.4, 0.5) is 0 Å². The molecule has 0 spiro atoms. The molecule has 102 valence electrons. The number of aliphatic hydroxyl groups is 1. The molecule has 0 saturated heterocycles. The Hall–Kier alpha value is -1.65. The Morgan fingerprint density at radius 2 is 2.00 bits per heavy atom. The van der Waals surface area contributed by atoms with Crippen molar-refractivity contribution in [3.05, 3.63) is 47.5 Å². The number of benzene rings is 1. The van der Waals surface area contributed by atoms with E-state index in [0.717, 1.165) is 11.1 Å². The molecule has 4 heteroatoms. The van der Waals surface area contributed by atoms with E-state index in [9.17, 15) is 9.90 Å². The lowest BCUT2D eigenvalue weighted by Gasteiger charge is -2.09. The molecule has 0 radical (unpaired) electrons. The van der Waals surface area contributed by atoms with Gasteiger partial charge in [0.2, 0.25) is 0 Å². The van der Waals surface area contributed by atoms with Crippen molar-refractivity contribution in [2.75, 3.05) is 6.61 Å². The molecule has 0 amide bonds. The molecule has 2 N–H and O–H groups in total. The molecule has 4 nitrogen and oxygen atoms in total. The van der Waals surface area contributed by atoms with Crippen LogP contribution in [-0.4, -0.2) is 28.9 Å². The van der Waals surface area contributed by atoms with E-state index in [2.05, 4.69) is 0 Å². The first-order valence-electron chi connectivity index (χ1n) is 6.37. The number of aliphatic hydroxyl groups excluding tert-OH is 1. The van der Waals surface area contributed by atoms with Crippen LogP contribution >= 0.6 is 0 Å². The summed E-state index contributed by atoms with van der Waals surface area (Å²) >= 11 is 0. The van der Waals surface area contributed by atoms with Crippen molar-refractivity contribution in [2.24, 2.45) is 5.92 Å². The molecule has 1 aromatic carbocycles. The van der Waals surface area contributed by atoms with Crippen LogP contribution in [0.2, 0.25) is 0 Å². The Labute approximate surface area is 112 Å². The van der Waals surface area contributed by atoms with Gasteiger partial charge in [-0.05, 0) is 23.5 Å². The van der Waals surface area contributed by atoms with Gasteiger partial charge < -0.3 is 14.9 Å². The van der Waals surface area contributed by atoms with Gasteiger partial charge in [-0.1, -0.05) is 36.4 Å². The van der Waals surface area contributed by atoms with E-state index in [4.69, 9.17) is 9.84 Å². The summed E-state index contributed by atoms with van der Waals surface area (Å²) in [4.78, 5) is 10.6. The summed E-state index contributed by atoms with van der Waals surface area (Å²) < 4.78 is 5.55. The van der Waals surface area contributed by atoms with Crippen molar-refractivity contribution >= 4 is 5.97 Å². The zero-order valence-corrected chi connectivity index (χ0v) is 10.7. The average molecular weight is 262 g/mol. The summed E-state index contributed by atoms with van der Waals surface area (Å²) in [5.74, 6) is -0.914. The van der Waals surface area contributed by atoms with Gasteiger partial charge in [0.25, 0.3) is 0 Å². The third-order valence-corrected chi connectivity index (χ3v) is 3.22. The second kappa shape index (κ2) is 6.50. The minimum Gasteiger partial charge on any atom is -0.481 e. The fourth-order valence-corrected chi connectivity index (χ4v) is 2.29. The Morgan fingerprint density at radius 1 is 1.26 bits per heavy atom. The highest BCUT2D eigenvalue weighted by atomic mass is 16.5. The number of hydrogen-bond donors (Lipinski definition) is 2. The molecule has 0 fully saturated rings.